The number of hydrogen-bond acceptors (Lipinski definition) is 6. The van der Waals surface area contributed by atoms with Gasteiger partial charge in [-0.2, -0.15) is 15.0 Å². The Morgan fingerprint density at radius 2 is 2.07 bits per heavy atom. The van der Waals surface area contributed by atoms with Crippen LogP contribution in [0.25, 0.3) is 0 Å². The lowest BCUT2D eigenvalue weighted by Crippen LogP contribution is -2.35. The third-order valence-electron chi connectivity index (χ3n) is 1.24. The summed E-state index contributed by atoms with van der Waals surface area (Å²) in [5.41, 5.74) is 9.32. The van der Waals surface area contributed by atoms with Crippen molar-refractivity contribution < 1.29 is 4.79 Å². The van der Waals surface area contributed by atoms with E-state index in [-0.39, 0.29) is 11.2 Å². The van der Waals surface area contributed by atoms with E-state index < -0.39 is 6.03 Å². The van der Waals surface area contributed by atoms with Crippen molar-refractivity contribution in [3.63, 3.8) is 0 Å². The van der Waals surface area contributed by atoms with Crippen molar-refractivity contribution >= 4 is 29.5 Å². The van der Waals surface area contributed by atoms with Gasteiger partial charge in [-0.3, -0.25) is 5.43 Å². The molecule has 0 radical (unpaired) electrons. The van der Waals surface area contributed by atoms with Gasteiger partial charge < -0.3 is 11.1 Å². The molecule has 8 nitrogen and oxygen atoms in total. The molecule has 0 unspecified atom stereocenters. The van der Waals surface area contributed by atoms with Crippen molar-refractivity contribution in [2.75, 3.05) is 17.3 Å². The van der Waals surface area contributed by atoms with Crippen LogP contribution in [-0.2, 0) is 0 Å². The number of carbonyl (C=O) groups excluding carboxylic acids is 1. The second-order valence-corrected chi connectivity index (χ2v) is 2.73. The van der Waals surface area contributed by atoms with Crippen molar-refractivity contribution in [2.45, 2.75) is 6.92 Å². The van der Waals surface area contributed by atoms with Gasteiger partial charge in [-0.25, -0.2) is 10.2 Å². The summed E-state index contributed by atoms with van der Waals surface area (Å²) in [6.45, 7) is 2.52. The number of amides is 2. The van der Waals surface area contributed by atoms with Crippen molar-refractivity contribution in [3.05, 3.63) is 5.28 Å². The Morgan fingerprint density at radius 3 is 2.67 bits per heavy atom. The van der Waals surface area contributed by atoms with E-state index in [1.807, 2.05) is 6.92 Å². The fourth-order valence-electron chi connectivity index (χ4n) is 0.761. The maximum atomic E-state index is 10.4. The standard InChI is InChI=1S/C6H10ClN7O/c1-2-9-5-10-3(7)11-6(12-5)14-13-4(8)15/h2H2,1H3,(H3,8,13,15)(H2,9,10,11,12,14). The van der Waals surface area contributed by atoms with Crippen LogP contribution in [0.15, 0.2) is 0 Å². The molecule has 0 aliphatic heterocycles. The van der Waals surface area contributed by atoms with E-state index in [1.54, 1.807) is 0 Å². The van der Waals surface area contributed by atoms with Gasteiger partial charge in [-0.1, -0.05) is 0 Å². The second-order valence-electron chi connectivity index (χ2n) is 2.40. The third-order valence-corrected chi connectivity index (χ3v) is 1.41. The van der Waals surface area contributed by atoms with E-state index in [2.05, 4.69) is 31.1 Å². The zero-order valence-electron chi connectivity index (χ0n) is 7.91. The number of hydrazine groups is 1. The predicted octanol–water partition coefficient (Wildman–Crippen LogP) is -0.0480. The summed E-state index contributed by atoms with van der Waals surface area (Å²) in [6.07, 6.45) is 0. The van der Waals surface area contributed by atoms with Crippen molar-refractivity contribution in [1.29, 1.82) is 0 Å². The summed E-state index contributed by atoms with van der Waals surface area (Å²) in [5.74, 6) is 0.413. The molecule has 0 saturated heterocycles. The number of anilines is 2. The molecule has 1 aromatic heterocycles. The Hall–Kier alpha value is -1.83. The molecule has 0 atom stereocenters. The fraction of sp³-hybridized carbons (Fsp3) is 0.333. The molecular formula is C6H10ClN7O. The van der Waals surface area contributed by atoms with E-state index in [4.69, 9.17) is 17.3 Å². The van der Waals surface area contributed by atoms with E-state index in [0.29, 0.717) is 12.5 Å². The Balaban J connectivity index is 2.74. The van der Waals surface area contributed by atoms with Crippen LogP contribution >= 0.6 is 11.6 Å². The number of primary amides is 1. The van der Waals surface area contributed by atoms with Gasteiger partial charge in [0.15, 0.2) is 0 Å². The minimum absolute atomic E-state index is 0.00900. The molecule has 0 aliphatic rings. The molecule has 0 aromatic carbocycles. The quantitative estimate of drug-likeness (QED) is 0.540. The largest absolute Gasteiger partial charge is 0.354 e. The highest BCUT2D eigenvalue weighted by atomic mass is 35.5. The normalized spacial score (nSPS) is 9.47. The molecule has 0 spiro atoms. The molecule has 2 amide bonds. The van der Waals surface area contributed by atoms with E-state index in [1.165, 1.54) is 0 Å². The van der Waals surface area contributed by atoms with Gasteiger partial charge in [0.1, 0.15) is 0 Å². The smallest absolute Gasteiger partial charge is 0.330 e. The van der Waals surface area contributed by atoms with Gasteiger partial charge in [-0.05, 0) is 18.5 Å². The van der Waals surface area contributed by atoms with Gasteiger partial charge in [0, 0.05) is 6.54 Å². The lowest BCUT2D eigenvalue weighted by atomic mass is 10.7. The number of nitrogens with one attached hydrogen (secondary N) is 3. The van der Waals surface area contributed by atoms with Gasteiger partial charge in [0.25, 0.3) is 0 Å². The molecular weight excluding hydrogens is 222 g/mol. The lowest BCUT2D eigenvalue weighted by Gasteiger charge is -2.06. The van der Waals surface area contributed by atoms with Crippen LogP contribution in [0.4, 0.5) is 16.7 Å². The molecule has 0 saturated carbocycles. The number of nitrogens with two attached hydrogens (primary N) is 1. The minimum atomic E-state index is -0.753. The molecule has 9 heteroatoms. The van der Waals surface area contributed by atoms with Crippen LogP contribution in [0.5, 0.6) is 0 Å². The summed E-state index contributed by atoms with van der Waals surface area (Å²) >= 11 is 5.61. The summed E-state index contributed by atoms with van der Waals surface area (Å²) in [6, 6.07) is -0.753. The maximum absolute atomic E-state index is 10.4. The second kappa shape index (κ2) is 5.15. The number of carbonyl (C=O) groups is 1. The number of hydrogen-bond donors (Lipinski definition) is 4. The number of aromatic nitrogens is 3. The first kappa shape index (κ1) is 11.2. The molecule has 1 rings (SSSR count). The fourth-order valence-corrected chi connectivity index (χ4v) is 0.921. The van der Waals surface area contributed by atoms with Crippen molar-refractivity contribution in [3.8, 4) is 0 Å². The molecule has 15 heavy (non-hydrogen) atoms. The van der Waals surface area contributed by atoms with Gasteiger partial charge >= 0.3 is 6.03 Å². The maximum Gasteiger partial charge on any atom is 0.330 e. The molecule has 1 heterocycles. The summed E-state index contributed by atoms with van der Waals surface area (Å²) in [4.78, 5) is 21.8. The van der Waals surface area contributed by atoms with Gasteiger partial charge in [-0.15, -0.1) is 0 Å². The van der Waals surface area contributed by atoms with Crippen LogP contribution in [-0.4, -0.2) is 27.5 Å². The Bertz CT molecular complexity index is 357. The number of rotatable bonds is 4. The van der Waals surface area contributed by atoms with E-state index >= 15 is 0 Å². The average molecular weight is 232 g/mol. The van der Waals surface area contributed by atoms with Gasteiger partial charge in [0.05, 0.1) is 0 Å². The first-order chi connectivity index (χ1) is 7.11. The molecule has 1 aromatic rings. The first-order valence-electron chi connectivity index (χ1n) is 4.08. The Kier molecular flexibility index (Phi) is 3.86. The first-order valence-corrected chi connectivity index (χ1v) is 4.46. The zero-order chi connectivity index (χ0) is 11.3. The Morgan fingerprint density at radius 1 is 1.40 bits per heavy atom. The summed E-state index contributed by atoms with van der Waals surface area (Å²) < 4.78 is 0. The minimum Gasteiger partial charge on any atom is -0.354 e. The van der Waals surface area contributed by atoms with E-state index in [9.17, 15) is 4.79 Å². The monoisotopic (exact) mass is 231 g/mol. The van der Waals surface area contributed by atoms with Crippen molar-refractivity contribution in [1.82, 2.24) is 20.4 Å². The summed E-state index contributed by atoms with van der Waals surface area (Å²) in [5, 5.41) is 2.85. The molecule has 5 N–H and O–H groups in total. The highest BCUT2D eigenvalue weighted by molar-refractivity contribution is 6.28. The topological polar surface area (TPSA) is 118 Å². The number of urea groups is 1. The molecule has 82 valence electrons. The average Bonchev–Trinajstić information content (AvgIpc) is 2.14. The lowest BCUT2D eigenvalue weighted by molar-refractivity contribution is 0.250. The SMILES string of the molecule is CCNc1nc(Cl)nc(NNC(N)=O)n1. The predicted molar refractivity (Wildman–Crippen MR) is 55.3 cm³/mol. The molecule has 0 fully saturated rings. The van der Waals surface area contributed by atoms with Crippen LogP contribution < -0.4 is 21.9 Å². The Labute approximate surface area is 90.6 Å². The van der Waals surface area contributed by atoms with Crippen LogP contribution in [0, 0.1) is 0 Å². The van der Waals surface area contributed by atoms with Gasteiger partial charge in [0.2, 0.25) is 17.2 Å². The van der Waals surface area contributed by atoms with Crippen molar-refractivity contribution in [2.24, 2.45) is 5.73 Å². The number of halogens is 1. The molecule has 0 aliphatic carbocycles. The van der Waals surface area contributed by atoms with Crippen LogP contribution in [0.3, 0.4) is 0 Å². The van der Waals surface area contributed by atoms with Crippen LogP contribution in [0.1, 0.15) is 6.92 Å². The third kappa shape index (κ3) is 3.81. The number of nitrogens with zero attached hydrogens (tertiary/aromatic N) is 3. The zero-order valence-corrected chi connectivity index (χ0v) is 8.67. The highest BCUT2D eigenvalue weighted by Gasteiger charge is 2.03. The van der Waals surface area contributed by atoms with Crippen LogP contribution in [0.2, 0.25) is 5.28 Å². The summed E-state index contributed by atoms with van der Waals surface area (Å²) in [7, 11) is 0. The highest BCUT2D eigenvalue weighted by Crippen LogP contribution is 2.08. The molecule has 0 bridgehead atoms. The van der Waals surface area contributed by atoms with E-state index in [0.717, 1.165) is 0 Å².